The molecule has 0 saturated carbocycles. The van der Waals surface area contributed by atoms with Crippen molar-refractivity contribution in [1.29, 1.82) is 0 Å². The lowest BCUT2D eigenvalue weighted by Gasteiger charge is -2.34. The van der Waals surface area contributed by atoms with Gasteiger partial charge in [0.05, 0.1) is 0 Å². The van der Waals surface area contributed by atoms with Crippen LogP contribution in [0.25, 0.3) is 11.5 Å². The Hall–Kier alpha value is -3.19. The predicted molar refractivity (Wildman–Crippen MR) is 116 cm³/mol. The fraction of sp³-hybridized carbons (Fsp3) is 0.348. The molecule has 0 aliphatic carbocycles. The summed E-state index contributed by atoms with van der Waals surface area (Å²) >= 11 is 0. The van der Waals surface area contributed by atoms with Crippen molar-refractivity contribution in [2.24, 2.45) is 0 Å². The first-order chi connectivity index (χ1) is 14.6. The number of benzene rings is 2. The molecular formula is C23H27N5O2. The molecule has 1 fully saturated rings. The zero-order chi connectivity index (χ0) is 20.9. The summed E-state index contributed by atoms with van der Waals surface area (Å²) in [4.78, 5) is 21.3. The standard InChI is InChI=1S/C23H27N5O2/c1-17(2)21-25-22(30-26-21)19-8-10-20(11-9-19)24-23(29)28-14-12-27(13-15-28)16-18-6-4-3-5-7-18/h3-11,17H,12-16H2,1-2H3,(H,24,29). The number of rotatable bonds is 5. The molecule has 1 saturated heterocycles. The Kier molecular flexibility index (Phi) is 6.09. The van der Waals surface area contributed by atoms with E-state index in [4.69, 9.17) is 4.52 Å². The lowest BCUT2D eigenvalue weighted by atomic mass is 10.2. The fourth-order valence-corrected chi connectivity index (χ4v) is 3.44. The minimum Gasteiger partial charge on any atom is -0.334 e. The van der Waals surface area contributed by atoms with Crippen LogP contribution >= 0.6 is 0 Å². The molecule has 0 radical (unpaired) electrons. The second kappa shape index (κ2) is 9.09. The van der Waals surface area contributed by atoms with Gasteiger partial charge >= 0.3 is 6.03 Å². The Bertz CT molecular complexity index is 961. The van der Waals surface area contributed by atoms with E-state index in [9.17, 15) is 4.79 Å². The molecule has 2 heterocycles. The summed E-state index contributed by atoms with van der Waals surface area (Å²) in [7, 11) is 0. The molecule has 4 rings (SSSR count). The van der Waals surface area contributed by atoms with E-state index in [0.29, 0.717) is 11.7 Å². The first-order valence-corrected chi connectivity index (χ1v) is 10.3. The largest absolute Gasteiger partial charge is 0.334 e. The van der Waals surface area contributed by atoms with Crippen LogP contribution in [0.3, 0.4) is 0 Å². The molecule has 156 valence electrons. The molecule has 3 aromatic rings. The van der Waals surface area contributed by atoms with E-state index in [1.54, 1.807) is 0 Å². The highest BCUT2D eigenvalue weighted by Crippen LogP contribution is 2.22. The van der Waals surface area contributed by atoms with E-state index in [-0.39, 0.29) is 11.9 Å². The van der Waals surface area contributed by atoms with Gasteiger partial charge in [0, 0.05) is 49.9 Å². The summed E-state index contributed by atoms with van der Waals surface area (Å²) in [6.45, 7) is 8.15. The average molecular weight is 406 g/mol. The van der Waals surface area contributed by atoms with Gasteiger partial charge in [-0.1, -0.05) is 49.3 Å². The number of hydrogen-bond donors (Lipinski definition) is 1. The van der Waals surface area contributed by atoms with Gasteiger partial charge in [-0.2, -0.15) is 4.98 Å². The molecule has 0 unspecified atom stereocenters. The highest BCUT2D eigenvalue weighted by atomic mass is 16.5. The van der Waals surface area contributed by atoms with Gasteiger partial charge in [0.1, 0.15) is 0 Å². The number of hydrogen-bond acceptors (Lipinski definition) is 5. The van der Waals surface area contributed by atoms with Crippen molar-refractivity contribution in [3.8, 4) is 11.5 Å². The van der Waals surface area contributed by atoms with Gasteiger partial charge in [-0.25, -0.2) is 4.79 Å². The van der Waals surface area contributed by atoms with E-state index in [0.717, 1.165) is 44.0 Å². The summed E-state index contributed by atoms with van der Waals surface area (Å²) in [6.07, 6.45) is 0. The third-order valence-corrected chi connectivity index (χ3v) is 5.25. The maximum Gasteiger partial charge on any atom is 0.321 e. The summed E-state index contributed by atoms with van der Waals surface area (Å²) in [5, 5.41) is 6.97. The summed E-state index contributed by atoms with van der Waals surface area (Å²) in [6, 6.07) is 17.8. The van der Waals surface area contributed by atoms with Crippen LogP contribution in [0, 0.1) is 0 Å². The van der Waals surface area contributed by atoms with Gasteiger partial charge in [-0.05, 0) is 29.8 Å². The molecule has 0 atom stereocenters. The van der Waals surface area contributed by atoms with Gasteiger partial charge in [0.2, 0.25) is 0 Å². The molecule has 2 amide bonds. The zero-order valence-electron chi connectivity index (χ0n) is 17.4. The number of nitrogens with zero attached hydrogens (tertiary/aromatic N) is 4. The Balaban J connectivity index is 1.29. The maximum absolute atomic E-state index is 12.6. The molecule has 1 aliphatic heterocycles. The lowest BCUT2D eigenvalue weighted by Crippen LogP contribution is -2.49. The first-order valence-electron chi connectivity index (χ1n) is 10.3. The van der Waals surface area contributed by atoms with Crippen LogP contribution in [0.4, 0.5) is 10.5 Å². The Morgan fingerprint density at radius 1 is 1.03 bits per heavy atom. The van der Waals surface area contributed by atoms with Gasteiger partial charge in [-0.3, -0.25) is 4.90 Å². The molecule has 30 heavy (non-hydrogen) atoms. The van der Waals surface area contributed by atoms with Crippen molar-refractivity contribution in [3.63, 3.8) is 0 Å². The van der Waals surface area contributed by atoms with Crippen molar-refractivity contribution in [2.45, 2.75) is 26.3 Å². The van der Waals surface area contributed by atoms with Gasteiger partial charge < -0.3 is 14.7 Å². The van der Waals surface area contributed by atoms with E-state index in [1.807, 2.05) is 49.1 Å². The number of amides is 2. The summed E-state index contributed by atoms with van der Waals surface area (Å²) in [5.41, 5.74) is 2.89. The molecular weight excluding hydrogens is 378 g/mol. The van der Waals surface area contributed by atoms with Crippen LogP contribution in [0.15, 0.2) is 59.1 Å². The second-order valence-electron chi connectivity index (χ2n) is 7.87. The molecule has 1 aromatic heterocycles. The zero-order valence-corrected chi connectivity index (χ0v) is 17.4. The van der Waals surface area contributed by atoms with Crippen molar-refractivity contribution in [1.82, 2.24) is 19.9 Å². The van der Waals surface area contributed by atoms with Crippen molar-refractivity contribution in [3.05, 3.63) is 66.0 Å². The maximum atomic E-state index is 12.6. The SMILES string of the molecule is CC(C)c1noc(-c2ccc(NC(=O)N3CCN(Cc4ccccc4)CC3)cc2)n1. The van der Waals surface area contributed by atoms with Crippen molar-refractivity contribution in [2.75, 3.05) is 31.5 Å². The summed E-state index contributed by atoms with van der Waals surface area (Å²) < 4.78 is 5.32. The van der Waals surface area contributed by atoms with Crippen LogP contribution in [-0.2, 0) is 6.54 Å². The van der Waals surface area contributed by atoms with Crippen molar-refractivity contribution < 1.29 is 9.32 Å². The molecule has 0 bridgehead atoms. The molecule has 7 nitrogen and oxygen atoms in total. The van der Waals surface area contributed by atoms with Gasteiger partial charge in [-0.15, -0.1) is 0 Å². The number of urea groups is 1. The van der Waals surface area contributed by atoms with Gasteiger partial charge in [0.15, 0.2) is 5.82 Å². The number of nitrogens with one attached hydrogen (secondary N) is 1. The number of anilines is 1. The van der Waals surface area contributed by atoms with Crippen LogP contribution in [-0.4, -0.2) is 52.2 Å². The Morgan fingerprint density at radius 2 is 1.73 bits per heavy atom. The van der Waals surface area contributed by atoms with Crippen LogP contribution in [0.2, 0.25) is 0 Å². The molecule has 1 aliphatic rings. The highest BCUT2D eigenvalue weighted by Gasteiger charge is 2.21. The highest BCUT2D eigenvalue weighted by molar-refractivity contribution is 5.89. The minimum absolute atomic E-state index is 0.0676. The first kappa shape index (κ1) is 20.1. The molecule has 7 heteroatoms. The van der Waals surface area contributed by atoms with Crippen molar-refractivity contribution >= 4 is 11.7 Å². The third-order valence-electron chi connectivity index (χ3n) is 5.25. The van der Waals surface area contributed by atoms with E-state index in [2.05, 4.69) is 44.6 Å². The fourth-order valence-electron chi connectivity index (χ4n) is 3.44. The molecule has 2 aromatic carbocycles. The number of aromatic nitrogens is 2. The Labute approximate surface area is 176 Å². The lowest BCUT2D eigenvalue weighted by molar-refractivity contribution is 0.143. The minimum atomic E-state index is -0.0676. The normalized spacial score (nSPS) is 14.8. The van der Waals surface area contributed by atoms with Crippen LogP contribution in [0.1, 0.15) is 31.2 Å². The van der Waals surface area contributed by atoms with E-state index in [1.165, 1.54) is 5.56 Å². The van der Waals surface area contributed by atoms with Crippen LogP contribution < -0.4 is 5.32 Å². The van der Waals surface area contributed by atoms with Crippen LogP contribution in [0.5, 0.6) is 0 Å². The quantitative estimate of drug-likeness (QED) is 0.688. The van der Waals surface area contributed by atoms with Gasteiger partial charge in [0.25, 0.3) is 5.89 Å². The average Bonchev–Trinajstić information content (AvgIpc) is 3.26. The predicted octanol–water partition coefficient (Wildman–Crippen LogP) is 4.21. The molecule has 1 N–H and O–H groups in total. The number of piperazine rings is 1. The monoisotopic (exact) mass is 405 g/mol. The second-order valence-corrected chi connectivity index (χ2v) is 7.87. The molecule has 0 spiro atoms. The summed E-state index contributed by atoms with van der Waals surface area (Å²) in [5.74, 6) is 1.40. The van der Waals surface area contributed by atoms with E-state index < -0.39 is 0 Å². The smallest absolute Gasteiger partial charge is 0.321 e. The topological polar surface area (TPSA) is 74.5 Å². The number of carbonyl (C=O) groups excluding carboxylic acids is 1. The van der Waals surface area contributed by atoms with E-state index >= 15 is 0 Å². The third kappa shape index (κ3) is 4.86. The number of carbonyl (C=O) groups is 1. The Morgan fingerprint density at radius 3 is 2.37 bits per heavy atom.